The second kappa shape index (κ2) is 4.67. The molecule has 1 atom stereocenters. The van der Waals surface area contributed by atoms with Crippen LogP contribution in [0.25, 0.3) is 10.9 Å². The summed E-state index contributed by atoms with van der Waals surface area (Å²) < 4.78 is 5.84. The number of rotatable bonds is 3. The van der Waals surface area contributed by atoms with Gasteiger partial charge in [0.25, 0.3) is 0 Å². The first-order chi connectivity index (χ1) is 8.43. The van der Waals surface area contributed by atoms with E-state index >= 15 is 0 Å². The summed E-state index contributed by atoms with van der Waals surface area (Å²) >= 11 is 0. The van der Waals surface area contributed by atoms with Crippen molar-refractivity contribution in [1.29, 1.82) is 0 Å². The number of nitrogens with one attached hydrogen (secondary N) is 1. The fourth-order valence-electron chi connectivity index (χ4n) is 2.19. The van der Waals surface area contributed by atoms with Crippen LogP contribution in [0.15, 0.2) is 30.5 Å². The molecule has 4 nitrogen and oxygen atoms in total. The van der Waals surface area contributed by atoms with E-state index in [1.54, 1.807) is 6.20 Å². The van der Waals surface area contributed by atoms with Crippen LogP contribution in [0.4, 0.5) is 0 Å². The van der Waals surface area contributed by atoms with Crippen molar-refractivity contribution in [3.63, 3.8) is 0 Å². The lowest BCUT2D eigenvalue weighted by atomic mass is 10.2. The fourth-order valence-corrected chi connectivity index (χ4v) is 2.19. The molecule has 1 aliphatic rings. The van der Waals surface area contributed by atoms with Crippen molar-refractivity contribution in [2.24, 2.45) is 0 Å². The summed E-state index contributed by atoms with van der Waals surface area (Å²) in [5.41, 5.74) is 0.879. The van der Waals surface area contributed by atoms with Crippen LogP contribution in [0.3, 0.4) is 0 Å². The third-order valence-corrected chi connectivity index (χ3v) is 3.11. The molecule has 0 aliphatic carbocycles. The summed E-state index contributed by atoms with van der Waals surface area (Å²) in [7, 11) is 0. The molecule has 2 aromatic rings. The molecule has 1 aliphatic heterocycles. The number of hydrogen-bond acceptors (Lipinski definition) is 4. The zero-order chi connectivity index (χ0) is 11.5. The molecule has 17 heavy (non-hydrogen) atoms. The highest BCUT2D eigenvalue weighted by Gasteiger charge is 2.15. The van der Waals surface area contributed by atoms with E-state index < -0.39 is 0 Å². The van der Waals surface area contributed by atoms with E-state index in [1.807, 2.05) is 24.3 Å². The van der Waals surface area contributed by atoms with E-state index in [2.05, 4.69) is 15.5 Å². The lowest BCUT2D eigenvalue weighted by Crippen LogP contribution is -2.28. The Labute approximate surface area is 100 Å². The fraction of sp³-hybridized carbons (Fsp3) is 0.385. The summed E-state index contributed by atoms with van der Waals surface area (Å²) in [6.45, 7) is 1.80. The molecule has 0 radical (unpaired) electrons. The smallest absolute Gasteiger partial charge is 0.148 e. The van der Waals surface area contributed by atoms with Crippen LogP contribution in [-0.2, 0) is 0 Å². The van der Waals surface area contributed by atoms with Gasteiger partial charge in [0, 0.05) is 11.4 Å². The Balaban J connectivity index is 1.79. The second-order valence-electron chi connectivity index (χ2n) is 4.33. The van der Waals surface area contributed by atoms with Gasteiger partial charge in [-0.15, -0.1) is 0 Å². The average Bonchev–Trinajstić information content (AvgIpc) is 2.89. The van der Waals surface area contributed by atoms with E-state index in [0.717, 1.165) is 23.2 Å². The van der Waals surface area contributed by atoms with Crippen LogP contribution < -0.4 is 10.1 Å². The van der Waals surface area contributed by atoms with Crippen molar-refractivity contribution < 1.29 is 4.74 Å². The van der Waals surface area contributed by atoms with Crippen LogP contribution >= 0.6 is 0 Å². The largest absolute Gasteiger partial charge is 0.490 e. The van der Waals surface area contributed by atoms with Gasteiger partial charge in [0.05, 0.1) is 11.7 Å². The molecule has 1 fully saturated rings. The van der Waals surface area contributed by atoms with Crippen LogP contribution in [0.5, 0.6) is 5.75 Å². The highest BCUT2D eigenvalue weighted by atomic mass is 16.5. The van der Waals surface area contributed by atoms with Crippen LogP contribution in [0, 0.1) is 0 Å². The van der Waals surface area contributed by atoms with Gasteiger partial charge in [-0.05, 0) is 31.5 Å². The number of fused-ring (bicyclic) bond motifs is 1. The molecule has 2 heterocycles. The van der Waals surface area contributed by atoms with E-state index in [9.17, 15) is 0 Å². The third kappa shape index (κ3) is 2.22. The summed E-state index contributed by atoms with van der Waals surface area (Å²) in [5.74, 6) is 0.823. The highest BCUT2D eigenvalue weighted by molar-refractivity contribution is 5.83. The SMILES string of the molecule is c1ccc2c(OCC3CCCN3)cnnc2c1. The maximum atomic E-state index is 5.84. The number of benzene rings is 1. The minimum Gasteiger partial charge on any atom is -0.490 e. The van der Waals surface area contributed by atoms with Gasteiger partial charge < -0.3 is 10.1 Å². The van der Waals surface area contributed by atoms with Gasteiger partial charge in [0.1, 0.15) is 12.4 Å². The van der Waals surface area contributed by atoms with Crippen molar-refractivity contribution in [3.8, 4) is 5.75 Å². The van der Waals surface area contributed by atoms with E-state index in [-0.39, 0.29) is 0 Å². The average molecular weight is 229 g/mol. The Kier molecular flexibility index (Phi) is 2.88. The summed E-state index contributed by atoms with van der Waals surface area (Å²) in [6.07, 6.45) is 4.12. The van der Waals surface area contributed by atoms with Gasteiger partial charge in [-0.25, -0.2) is 0 Å². The van der Waals surface area contributed by atoms with E-state index in [0.29, 0.717) is 12.6 Å². The van der Waals surface area contributed by atoms with E-state index in [1.165, 1.54) is 12.8 Å². The van der Waals surface area contributed by atoms with Crippen molar-refractivity contribution in [2.75, 3.05) is 13.2 Å². The molecule has 3 rings (SSSR count). The molecule has 0 bridgehead atoms. The van der Waals surface area contributed by atoms with Gasteiger partial charge in [-0.2, -0.15) is 10.2 Å². The molecule has 1 N–H and O–H groups in total. The van der Waals surface area contributed by atoms with Gasteiger partial charge in [0.15, 0.2) is 0 Å². The minimum atomic E-state index is 0.474. The monoisotopic (exact) mass is 229 g/mol. The molecule has 4 heteroatoms. The Morgan fingerprint density at radius 1 is 1.35 bits per heavy atom. The first-order valence-electron chi connectivity index (χ1n) is 6.00. The van der Waals surface area contributed by atoms with Gasteiger partial charge in [-0.1, -0.05) is 12.1 Å². The zero-order valence-corrected chi connectivity index (χ0v) is 9.60. The van der Waals surface area contributed by atoms with Crippen molar-refractivity contribution in [1.82, 2.24) is 15.5 Å². The van der Waals surface area contributed by atoms with Crippen LogP contribution in [-0.4, -0.2) is 29.4 Å². The normalized spacial score (nSPS) is 19.6. The second-order valence-corrected chi connectivity index (χ2v) is 4.33. The Bertz CT molecular complexity index is 503. The molecular weight excluding hydrogens is 214 g/mol. The molecule has 88 valence electrons. The number of hydrogen-bond donors (Lipinski definition) is 1. The molecule has 1 saturated heterocycles. The molecule has 0 amide bonds. The Morgan fingerprint density at radius 2 is 2.29 bits per heavy atom. The third-order valence-electron chi connectivity index (χ3n) is 3.11. The van der Waals surface area contributed by atoms with Crippen LogP contribution in [0.1, 0.15) is 12.8 Å². The first-order valence-corrected chi connectivity index (χ1v) is 6.00. The Hall–Kier alpha value is -1.68. The lowest BCUT2D eigenvalue weighted by molar-refractivity contribution is 0.279. The van der Waals surface area contributed by atoms with Gasteiger partial charge in [0.2, 0.25) is 0 Å². The predicted molar refractivity (Wildman–Crippen MR) is 66.1 cm³/mol. The van der Waals surface area contributed by atoms with Gasteiger partial charge >= 0.3 is 0 Å². The molecule has 1 aromatic carbocycles. The quantitative estimate of drug-likeness (QED) is 0.871. The summed E-state index contributed by atoms with van der Waals surface area (Å²) in [5, 5.41) is 12.5. The van der Waals surface area contributed by atoms with Gasteiger partial charge in [-0.3, -0.25) is 0 Å². The van der Waals surface area contributed by atoms with Crippen molar-refractivity contribution in [3.05, 3.63) is 30.5 Å². The highest BCUT2D eigenvalue weighted by Crippen LogP contribution is 2.22. The van der Waals surface area contributed by atoms with E-state index in [4.69, 9.17) is 4.74 Å². The minimum absolute atomic E-state index is 0.474. The molecule has 1 unspecified atom stereocenters. The maximum absolute atomic E-state index is 5.84. The molecule has 0 spiro atoms. The van der Waals surface area contributed by atoms with Crippen molar-refractivity contribution in [2.45, 2.75) is 18.9 Å². The Morgan fingerprint density at radius 3 is 3.18 bits per heavy atom. The molecular formula is C13H15N3O. The predicted octanol–water partition coefficient (Wildman–Crippen LogP) is 1.76. The summed E-state index contributed by atoms with van der Waals surface area (Å²) in [4.78, 5) is 0. The number of ether oxygens (including phenoxy) is 1. The van der Waals surface area contributed by atoms with Crippen molar-refractivity contribution >= 4 is 10.9 Å². The lowest BCUT2D eigenvalue weighted by Gasteiger charge is -2.12. The first kappa shape index (κ1) is 10.5. The maximum Gasteiger partial charge on any atom is 0.148 e. The number of nitrogens with zero attached hydrogens (tertiary/aromatic N) is 2. The molecule has 1 aromatic heterocycles. The number of aromatic nitrogens is 2. The molecule has 0 saturated carbocycles. The standard InChI is InChI=1S/C13H15N3O/c1-2-6-12-11(5-1)13(8-15-16-12)17-9-10-4-3-7-14-10/h1-2,5-6,8,10,14H,3-4,7,9H2. The summed E-state index contributed by atoms with van der Waals surface area (Å²) in [6, 6.07) is 8.39. The van der Waals surface area contributed by atoms with Crippen LogP contribution in [0.2, 0.25) is 0 Å². The zero-order valence-electron chi connectivity index (χ0n) is 9.60. The topological polar surface area (TPSA) is 47.0 Å².